The first-order valence-corrected chi connectivity index (χ1v) is 6.45. The highest BCUT2D eigenvalue weighted by atomic mass is 16.6. The van der Waals surface area contributed by atoms with E-state index in [1.807, 2.05) is 0 Å². The van der Waals surface area contributed by atoms with Gasteiger partial charge in [-0.1, -0.05) is 20.8 Å². The number of pyridine rings is 1. The number of hydrogen-bond acceptors (Lipinski definition) is 5. The van der Waals surface area contributed by atoms with Crippen molar-refractivity contribution in [2.45, 2.75) is 27.2 Å². The predicted octanol–water partition coefficient (Wildman–Crippen LogP) is 2.19. The van der Waals surface area contributed by atoms with E-state index in [0.29, 0.717) is 6.54 Å². The molecule has 0 saturated heterocycles. The van der Waals surface area contributed by atoms with Crippen LogP contribution in [-0.2, 0) is 0 Å². The fraction of sp³-hybridized carbons (Fsp3) is 0.615. The van der Waals surface area contributed by atoms with Crippen molar-refractivity contribution in [3.8, 4) is 0 Å². The van der Waals surface area contributed by atoms with Gasteiger partial charge < -0.3 is 20.7 Å². The highest BCUT2D eigenvalue weighted by Gasteiger charge is 2.21. The molecular formula is C13H22N4O2. The van der Waals surface area contributed by atoms with Crippen LogP contribution in [0.2, 0.25) is 0 Å². The fourth-order valence-electron chi connectivity index (χ4n) is 1.82. The summed E-state index contributed by atoms with van der Waals surface area (Å²) in [5.41, 5.74) is 6.66. The quantitative estimate of drug-likeness (QED) is 0.604. The van der Waals surface area contributed by atoms with Crippen LogP contribution in [-0.4, -0.2) is 29.5 Å². The Morgan fingerprint density at radius 2 is 2.16 bits per heavy atom. The second-order valence-electron chi connectivity index (χ2n) is 5.42. The van der Waals surface area contributed by atoms with Crippen LogP contribution in [0.25, 0.3) is 0 Å². The molecule has 0 bridgehead atoms. The molecule has 0 radical (unpaired) electrons. The molecule has 1 aromatic heterocycles. The number of nitro groups is 1. The molecule has 0 aliphatic carbocycles. The van der Waals surface area contributed by atoms with Gasteiger partial charge in [-0.3, -0.25) is 0 Å². The van der Waals surface area contributed by atoms with Gasteiger partial charge in [-0.25, -0.2) is 0 Å². The summed E-state index contributed by atoms with van der Waals surface area (Å²) < 4.78 is 0. The molecule has 6 heteroatoms. The lowest BCUT2D eigenvalue weighted by molar-refractivity contribution is -0.389. The van der Waals surface area contributed by atoms with Crippen LogP contribution in [0.3, 0.4) is 0 Å². The fourth-order valence-corrected chi connectivity index (χ4v) is 1.82. The Bertz CT molecular complexity index is 417. The molecule has 0 fully saturated rings. The third kappa shape index (κ3) is 4.48. The Hall–Kier alpha value is -1.69. The molecule has 0 aromatic carbocycles. The highest BCUT2D eigenvalue weighted by Crippen LogP contribution is 2.22. The maximum atomic E-state index is 10.6. The lowest BCUT2D eigenvalue weighted by Gasteiger charge is -2.32. The number of nitrogens with two attached hydrogens (primary N) is 1. The molecular weight excluding hydrogens is 244 g/mol. The first-order chi connectivity index (χ1) is 8.89. The molecule has 1 heterocycles. The first kappa shape index (κ1) is 15.4. The zero-order valence-corrected chi connectivity index (χ0v) is 11.8. The van der Waals surface area contributed by atoms with Gasteiger partial charge in [0.15, 0.2) is 6.20 Å². The molecule has 0 saturated carbocycles. The van der Waals surface area contributed by atoms with Crippen LogP contribution in [0.4, 0.5) is 11.5 Å². The van der Waals surface area contributed by atoms with Crippen molar-refractivity contribution < 1.29 is 4.92 Å². The minimum atomic E-state index is -0.488. The molecule has 19 heavy (non-hydrogen) atoms. The minimum Gasteiger partial charge on any atom is -0.368 e. The third-order valence-corrected chi connectivity index (χ3v) is 2.95. The maximum absolute atomic E-state index is 10.6. The molecule has 0 aliphatic rings. The monoisotopic (exact) mass is 266 g/mol. The standard InChI is InChI=1S/C13H22N4O2/c1-4-7-16(10-13(2,3)9-14)11-5-6-12(15-8-11)17(18)19/h5-6,8H,4,7,9-10,14H2,1-3H3. The summed E-state index contributed by atoms with van der Waals surface area (Å²) in [5.74, 6) is -0.127. The Morgan fingerprint density at radius 1 is 1.47 bits per heavy atom. The Balaban J connectivity index is 2.89. The summed E-state index contributed by atoms with van der Waals surface area (Å²) >= 11 is 0. The number of aromatic nitrogens is 1. The van der Waals surface area contributed by atoms with E-state index >= 15 is 0 Å². The second kappa shape index (κ2) is 6.47. The largest absolute Gasteiger partial charge is 0.368 e. The summed E-state index contributed by atoms with van der Waals surface area (Å²) in [7, 11) is 0. The van der Waals surface area contributed by atoms with Crippen molar-refractivity contribution in [2.24, 2.45) is 11.1 Å². The number of hydrogen-bond donors (Lipinski definition) is 1. The van der Waals surface area contributed by atoms with Crippen molar-refractivity contribution in [1.82, 2.24) is 4.98 Å². The van der Waals surface area contributed by atoms with Crippen LogP contribution in [0.1, 0.15) is 27.2 Å². The average molecular weight is 266 g/mol. The SMILES string of the molecule is CCCN(CC(C)(C)CN)c1ccc([N+](=O)[O-])nc1. The zero-order chi connectivity index (χ0) is 14.5. The summed E-state index contributed by atoms with van der Waals surface area (Å²) in [6.45, 7) is 8.58. The molecule has 1 aromatic rings. The van der Waals surface area contributed by atoms with Gasteiger partial charge in [0.25, 0.3) is 0 Å². The van der Waals surface area contributed by atoms with E-state index in [0.717, 1.165) is 25.2 Å². The van der Waals surface area contributed by atoms with Gasteiger partial charge in [0.05, 0.1) is 5.69 Å². The molecule has 2 N–H and O–H groups in total. The normalized spacial score (nSPS) is 11.4. The Labute approximate surface area is 113 Å². The average Bonchev–Trinajstić information content (AvgIpc) is 2.38. The topological polar surface area (TPSA) is 85.3 Å². The first-order valence-electron chi connectivity index (χ1n) is 6.45. The van der Waals surface area contributed by atoms with Crippen molar-refractivity contribution >= 4 is 11.5 Å². The van der Waals surface area contributed by atoms with Crippen molar-refractivity contribution in [3.05, 3.63) is 28.4 Å². The van der Waals surface area contributed by atoms with E-state index < -0.39 is 4.92 Å². The lowest BCUT2D eigenvalue weighted by Crippen LogP contribution is -2.39. The van der Waals surface area contributed by atoms with E-state index in [1.165, 1.54) is 6.07 Å². The van der Waals surface area contributed by atoms with E-state index in [9.17, 15) is 10.1 Å². The van der Waals surface area contributed by atoms with Crippen molar-refractivity contribution in [3.63, 3.8) is 0 Å². The Morgan fingerprint density at radius 3 is 2.58 bits per heavy atom. The minimum absolute atomic E-state index is 0.00303. The van der Waals surface area contributed by atoms with Gasteiger partial charge in [-0.15, -0.1) is 0 Å². The van der Waals surface area contributed by atoms with Gasteiger partial charge in [-0.05, 0) is 34.4 Å². The molecule has 6 nitrogen and oxygen atoms in total. The lowest BCUT2D eigenvalue weighted by atomic mass is 9.93. The molecule has 0 amide bonds. The summed E-state index contributed by atoms with van der Waals surface area (Å²) in [5, 5.41) is 10.6. The van der Waals surface area contributed by atoms with Crippen molar-refractivity contribution in [1.29, 1.82) is 0 Å². The molecule has 106 valence electrons. The number of anilines is 1. The van der Waals surface area contributed by atoms with Crippen LogP contribution >= 0.6 is 0 Å². The molecule has 0 aliphatic heterocycles. The molecule has 0 atom stereocenters. The van der Waals surface area contributed by atoms with Gasteiger partial charge in [0.2, 0.25) is 0 Å². The van der Waals surface area contributed by atoms with Crippen LogP contribution in [0.15, 0.2) is 18.3 Å². The second-order valence-corrected chi connectivity index (χ2v) is 5.42. The zero-order valence-electron chi connectivity index (χ0n) is 11.8. The van der Waals surface area contributed by atoms with Crippen LogP contribution < -0.4 is 10.6 Å². The number of rotatable bonds is 7. The van der Waals surface area contributed by atoms with Crippen LogP contribution in [0, 0.1) is 15.5 Å². The summed E-state index contributed by atoms with van der Waals surface area (Å²) in [6, 6.07) is 3.18. The van der Waals surface area contributed by atoms with E-state index in [1.54, 1.807) is 12.3 Å². The highest BCUT2D eigenvalue weighted by molar-refractivity contribution is 5.46. The summed E-state index contributed by atoms with van der Waals surface area (Å²) in [4.78, 5) is 16.1. The molecule has 0 unspecified atom stereocenters. The third-order valence-electron chi connectivity index (χ3n) is 2.95. The Kier molecular flexibility index (Phi) is 5.23. The van der Waals surface area contributed by atoms with E-state index in [4.69, 9.17) is 5.73 Å². The van der Waals surface area contributed by atoms with E-state index in [-0.39, 0.29) is 11.2 Å². The van der Waals surface area contributed by atoms with Gasteiger partial charge in [-0.2, -0.15) is 0 Å². The van der Waals surface area contributed by atoms with Gasteiger partial charge in [0.1, 0.15) is 0 Å². The molecule has 1 rings (SSSR count). The van der Waals surface area contributed by atoms with Gasteiger partial charge in [0, 0.05) is 19.2 Å². The smallest absolute Gasteiger partial charge is 0.363 e. The van der Waals surface area contributed by atoms with Crippen LogP contribution in [0.5, 0.6) is 0 Å². The summed E-state index contributed by atoms with van der Waals surface area (Å²) in [6.07, 6.45) is 2.55. The van der Waals surface area contributed by atoms with Gasteiger partial charge >= 0.3 is 5.82 Å². The predicted molar refractivity (Wildman–Crippen MR) is 76.2 cm³/mol. The maximum Gasteiger partial charge on any atom is 0.363 e. The number of nitrogens with zero attached hydrogens (tertiary/aromatic N) is 3. The molecule has 0 spiro atoms. The van der Waals surface area contributed by atoms with E-state index in [2.05, 4.69) is 30.7 Å². The van der Waals surface area contributed by atoms with Crippen molar-refractivity contribution in [2.75, 3.05) is 24.5 Å².